The molecular weight excluding hydrogens is 709 g/mol. The number of halogens is 3. The van der Waals surface area contributed by atoms with E-state index in [1.165, 1.54) is 70.3 Å². The molecule has 2 saturated heterocycles. The molecule has 0 saturated carbocycles. The van der Waals surface area contributed by atoms with E-state index in [1.54, 1.807) is 53.7 Å². The molecule has 0 spiro atoms. The Bertz CT molecular complexity index is 1860. The Morgan fingerprint density at radius 3 is 1.78 bits per heavy atom. The van der Waals surface area contributed by atoms with Gasteiger partial charge in [-0.2, -0.15) is 0 Å². The van der Waals surface area contributed by atoms with Gasteiger partial charge in [0.2, 0.25) is 11.8 Å². The summed E-state index contributed by atoms with van der Waals surface area (Å²) in [6, 6.07) is 14.9. The summed E-state index contributed by atoms with van der Waals surface area (Å²) in [5.41, 5.74) is -0.361. The van der Waals surface area contributed by atoms with Crippen LogP contribution in [0.2, 0.25) is 0 Å². The molecule has 0 atom stereocenters. The average Bonchev–Trinajstić information content (AvgIpc) is 3.01. The Morgan fingerprint density at radius 2 is 1.28 bits per heavy atom. The van der Waals surface area contributed by atoms with Crippen LogP contribution in [0.3, 0.4) is 0 Å². The molecule has 3 aromatic carbocycles. The van der Waals surface area contributed by atoms with E-state index in [0.29, 0.717) is 18.8 Å². The normalized spacial score (nSPS) is 14.4. The monoisotopic (exact) mass is 754 g/mol. The summed E-state index contributed by atoms with van der Waals surface area (Å²) in [5, 5.41) is 2.63. The van der Waals surface area contributed by atoms with Crippen molar-refractivity contribution in [3.8, 4) is 0 Å². The first-order chi connectivity index (χ1) is 25.2. The van der Waals surface area contributed by atoms with Crippen molar-refractivity contribution in [1.29, 1.82) is 0 Å². The summed E-state index contributed by atoms with van der Waals surface area (Å²) in [7, 11) is 1.19. The Hall–Kier alpha value is -5.60. The minimum Gasteiger partial charge on any atom is -0.465 e. The van der Waals surface area contributed by atoms with Gasteiger partial charge in [0.05, 0.1) is 31.1 Å². The highest BCUT2D eigenvalue weighted by Crippen LogP contribution is 2.28. The molecule has 0 radical (unpaired) electrons. The lowest BCUT2D eigenvalue weighted by Gasteiger charge is -2.41. The van der Waals surface area contributed by atoms with Gasteiger partial charge in [0.1, 0.15) is 28.7 Å². The number of rotatable bonds is 7. The van der Waals surface area contributed by atoms with Gasteiger partial charge in [-0.3, -0.25) is 9.59 Å². The van der Waals surface area contributed by atoms with Crippen LogP contribution in [0.4, 0.5) is 34.1 Å². The van der Waals surface area contributed by atoms with Crippen molar-refractivity contribution < 1.29 is 51.4 Å². The molecule has 0 bridgehead atoms. The topological polar surface area (TPSA) is 135 Å². The van der Waals surface area contributed by atoms with Gasteiger partial charge >= 0.3 is 18.2 Å². The molecule has 5 rings (SSSR count). The molecule has 2 aliphatic heterocycles. The summed E-state index contributed by atoms with van der Waals surface area (Å²) in [4.78, 5) is 64.9. The minimum absolute atomic E-state index is 0.0365. The average molecular weight is 755 g/mol. The third-order valence-electron chi connectivity index (χ3n) is 8.07. The van der Waals surface area contributed by atoms with Crippen LogP contribution in [0, 0.1) is 29.3 Å². The van der Waals surface area contributed by atoms with Crippen molar-refractivity contribution in [2.24, 2.45) is 11.8 Å². The smallest absolute Gasteiger partial charge is 0.410 e. The minimum atomic E-state index is -0.698. The second-order valence-corrected chi connectivity index (χ2v) is 14.9. The Labute approximate surface area is 312 Å². The molecule has 2 aliphatic rings. The summed E-state index contributed by atoms with van der Waals surface area (Å²) in [6.45, 7) is 11.4. The van der Waals surface area contributed by atoms with Gasteiger partial charge in [0.15, 0.2) is 0 Å². The summed E-state index contributed by atoms with van der Waals surface area (Å²) in [6.07, 6.45) is -0.939. The van der Waals surface area contributed by atoms with E-state index in [-0.39, 0.29) is 54.2 Å². The maximum Gasteiger partial charge on any atom is 0.410 e. The number of methoxy groups -OCH3 is 1. The van der Waals surface area contributed by atoms with Crippen LogP contribution in [0.25, 0.3) is 0 Å². The highest BCUT2D eigenvalue weighted by Gasteiger charge is 2.41. The van der Waals surface area contributed by atoms with E-state index in [1.807, 2.05) is 0 Å². The van der Waals surface area contributed by atoms with Crippen LogP contribution >= 0.6 is 0 Å². The number of esters is 1. The number of amides is 4. The van der Waals surface area contributed by atoms with Gasteiger partial charge in [-0.15, -0.1) is 0 Å². The fourth-order valence-corrected chi connectivity index (χ4v) is 5.29. The van der Waals surface area contributed by atoms with E-state index in [9.17, 15) is 37.1 Å². The molecule has 290 valence electrons. The zero-order valence-corrected chi connectivity index (χ0v) is 31.3. The molecular formula is C39H45F3N4O8. The van der Waals surface area contributed by atoms with Crippen LogP contribution in [0.5, 0.6) is 0 Å². The maximum absolute atomic E-state index is 14.7. The first-order valence-electron chi connectivity index (χ1n) is 17.2. The molecule has 0 aliphatic carbocycles. The number of hydrogen-bond acceptors (Lipinski definition) is 8. The quantitative estimate of drug-likeness (QED) is 0.206. The number of anilines is 2. The summed E-state index contributed by atoms with van der Waals surface area (Å²) in [5.74, 6) is -3.77. The number of ether oxygens (including phenoxy) is 3. The number of likely N-dealkylation sites (tertiary alicyclic amines) is 2. The third-order valence-corrected chi connectivity index (χ3v) is 8.07. The first kappa shape index (κ1) is 41.2. The number of carbonyl (C=O) groups is 5. The van der Waals surface area contributed by atoms with Crippen LogP contribution in [-0.4, -0.2) is 84.3 Å². The summed E-state index contributed by atoms with van der Waals surface area (Å²) >= 11 is 0. The zero-order valence-electron chi connectivity index (χ0n) is 31.3. The van der Waals surface area contributed by atoms with Crippen molar-refractivity contribution in [2.45, 2.75) is 59.3 Å². The fourth-order valence-electron chi connectivity index (χ4n) is 5.29. The van der Waals surface area contributed by atoms with Gasteiger partial charge in [-0.1, -0.05) is 18.2 Å². The van der Waals surface area contributed by atoms with Crippen molar-refractivity contribution in [2.75, 3.05) is 43.5 Å². The zero-order chi connectivity index (χ0) is 40.0. The highest BCUT2D eigenvalue weighted by atomic mass is 19.1. The molecule has 1 N–H and O–H groups in total. The van der Waals surface area contributed by atoms with Crippen molar-refractivity contribution >= 4 is 41.3 Å². The highest BCUT2D eigenvalue weighted by molar-refractivity contribution is 5.97. The molecule has 0 unspecified atom stereocenters. The Morgan fingerprint density at radius 1 is 0.741 bits per heavy atom. The molecule has 12 nitrogen and oxygen atoms in total. The van der Waals surface area contributed by atoms with Crippen LogP contribution in [0.15, 0.2) is 66.7 Å². The lowest BCUT2D eigenvalue weighted by atomic mass is 9.98. The third kappa shape index (κ3) is 11.4. The number of benzene rings is 3. The molecule has 15 heteroatoms. The molecule has 2 heterocycles. The van der Waals surface area contributed by atoms with Crippen LogP contribution < -0.4 is 10.2 Å². The van der Waals surface area contributed by atoms with E-state index in [2.05, 4.69) is 10.1 Å². The number of nitrogens with one attached hydrogen (secondary N) is 1. The molecule has 3 aromatic rings. The number of carbonyl (C=O) groups excluding carboxylic acids is 5. The predicted octanol–water partition coefficient (Wildman–Crippen LogP) is 6.78. The van der Waals surface area contributed by atoms with Gasteiger partial charge in [-0.25, -0.2) is 27.6 Å². The maximum atomic E-state index is 14.7. The van der Waals surface area contributed by atoms with Crippen molar-refractivity contribution in [1.82, 2.24) is 9.80 Å². The van der Waals surface area contributed by atoms with Gasteiger partial charge < -0.3 is 34.2 Å². The number of nitrogens with zero attached hydrogens (tertiary/aromatic N) is 3. The Balaban J connectivity index is 0.000000266. The Kier molecular flexibility index (Phi) is 13.0. The van der Waals surface area contributed by atoms with E-state index in [0.717, 1.165) is 6.07 Å². The van der Waals surface area contributed by atoms with Gasteiger partial charge in [-0.05, 0) is 90.1 Å². The van der Waals surface area contributed by atoms with Crippen LogP contribution in [-0.2, 0) is 30.3 Å². The van der Waals surface area contributed by atoms with Gasteiger partial charge in [0.25, 0.3) is 0 Å². The first-order valence-corrected chi connectivity index (χ1v) is 17.2. The molecule has 54 heavy (non-hydrogen) atoms. The molecule has 2 fully saturated rings. The lowest BCUT2D eigenvalue weighted by molar-refractivity contribution is -0.127. The van der Waals surface area contributed by atoms with Crippen molar-refractivity contribution in [3.63, 3.8) is 0 Å². The second kappa shape index (κ2) is 17.0. The second-order valence-electron chi connectivity index (χ2n) is 14.9. The van der Waals surface area contributed by atoms with E-state index in [4.69, 9.17) is 9.47 Å². The molecule has 4 amide bonds. The van der Waals surface area contributed by atoms with E-state index >= 15 is 0 Å². The fraction of sp³-hybridized carbons (Fsp3) is 0.410. The predicted molar refractivity (Wildman–Crippen MR) is 193 cm³/mol. The molecule has 0 aromatic heterocycles. The van der Waals surface area contributed by atoms with E-state index < -0.39 is 52.7 Å². The number of hydrogen-bond donors (Lipinski definition) is 1. The lowest BCUT2D eigenvalue weighted by Crippen LogP contribution is -2.57. The summed E-state index contributed by atoms with van der Waals surface area (Å²) < 4.78 is 56.7. The van der Waals surface area contributed by atoms with Crippen LogP contribution in [0.1, 0.15) is 57.5 Å². The largest absolute Gasteiger partial charge is 0.465 e. The van der Waals surface area contributed by atoms with Crippen molar-refractivity contribution in [3.05, 3.63) is 95.3 Å². The SMILES string of the molecule is CC(C)(C)OC(=O)N1CC(C(=O)Nc2cccc(F)c2)C1.COC(=O)c1ccc(CN(C(=O)C2CN(C(=O)OC(C)(C)C)C2)c2cccc(F)c2)c(F)c1. The van der Waals surface area contributed by atoms with Gasteiger partial charge in [0, 0.05) is 43.1 Å². The standard InChI is InChI=1S/C24H26F2N2O5.C15H19FN2O3/c1-24(2,3)33-23(31)27-12-17(13-27)21(29)28(19-7-5-6-18(25)11-19)14-16-9-8-15(10-20(16)26)22(30)32-4;1-15(2,3)21-14(20)18-8-10(9-18)13(19)17-12-6-4-5-11(16)7-12/h5-11,17H,12-14H2,1-4H3;4-7,10H,8-9H2,1-3H3,(H,17,19).